The van der Waals surface area contributed by atoms with Crippen LogP contribution in [0.2, 0.25) is 0 Å². The molecule has 29 heavy (non-hydrogen) atoms. The van der Waals surface area contributed by atoms with Crippen LogP contribution in [0.5, 0.6) is 11.5 Å². The molecule has 3 rings (SSSR count). The molecule has 0 bridgehead atoms. The van der Waals surface area contributed by atoms with Gasteiger partial charge in [-0.25, -0.2) is 4.79 Å². The first-order valence-electron chi connectivity index (χ1n) is 9.65. The Kier molecular flexibility index (Phi) is 6.59. The van der Waals surface area contributed by atoms with E-state index in [4.69, 9.17) is 15.2 Å². The third-order valence-electron chi connectivity index (χ3n) is 5.26. The number of carbonyl (C=O) groups excluding carboxylic acids is 2. The van der Waals surface area contributed by atoms with Gasteiger partial charge in [0.1, 0.15) is 0 Å². The van der Waals surface area contributed by atoms with E-state index in [1.807, 2.05) is 53.4 Å². The second kappa shape index (κ2) is 9.32. The molecule has 154 valence electrons. The number of nitrogens with one attached hydrogen (secondary N) is 1. The third-order valence-corrected chi connectivity index (χ3v) is 5.26. The number of likely N-dealkylation sites (tertiary alicyclic amines) is 1. The predicted molar refractivity (Wildman–Crippen MR) is 110 cm³/mol. The molecule has 0 saturated carbocycles. The lowest BCUT2D eigenvalue weighted by atomic mass is 10.0. The number of nitrogens with two attached hydrogens (primary N) is 1. The van der Waals surface area contributed by atoms with Crippen molar-refractivity contribution in [3.8, 4) is 11.5 Å². The van der Waals surface area contributed by atoms with E-state index >= 15 is 0 Å². The quantitative estimate of drug-likeness (QED) is 0.750. The number of benzene rings is 2. The number of nitrogens with zero attached hydrogens (tertiary/aromatic N) is 1. The van der Waals surface area contributed by atoms with Crippen molar-refractivity contribution in [1.82, 2.24) is 10.2 Å². The normalized spacial score (nSPS) is 16.9. The van der Waals surface area contributed by atoms with Gasteiger partial charge in [-0.3, -0.25) is 4.79 Å². The van der Waals surface area contributed by atoms with Crippen LogP contribution in [0.15, 0.2) is 48.5 Å². The summed E-state index contributed by atoms with van der Waals surface area (Å²) in [5.41, 5.74) is 7.19. The van der Waals surface area contributed by atoms with Gasteiger partial charge in [0.2, 0.25) is 5.91 Å². The minimum Gasteiger partial charge on any atom is -0.493 e. The third kappa shape index (κ3) is 4.80. The van der Waals surface area contributed by atoms with Gasteiger partial charge in [0, 0.05) is 6.54 Å². The van der Waals surface area contributed by atoms with Crippen LogP contribution in [0.4, 0.5) is 4.79 Å². The van der Waals surface area contributed by atoms with Gasteiger partial charge in [0.05, 0.1) is 32.7 Å². The fourth-order valence-corrected chi connectivity index (χ4v) is 3.87. The summed E-state index contributed by atoms with van der Waals surface area (Å²) in [7, 11) is 3.19. The SMILES string of the molecule is COc1ccc(C2CCCN2C(=O)CC(NC(N)=O)c2ccccc2)cc1OC. The molecule has 7 nitrogen and oxygen atoms in total. The molecule has 1 aliphatic heterocycles. The molecule has 3 amide bonds. The van der Waals surface area contributed by atoms with Crippen LogP contribution in [-0.4, -0.2) is 37.6 Å². The maximum absolute atomic E-state index is 13.1. The van der Waals surface area contributed by atoms with Crippen molar-refractivity contribution in [1.29, 1.82) is 0 Å². The van der Waals surface area contributed by atoms with Crippen LogP contribution in [0.1, 0.15) is 42.5 Å². The highest BCUT2D eigenvalue weighted by Crippen LogP contribution is 2.37. The van der Waals surface area contributed by atoms with Gasteiger partial charge < -0.3 is 25.4 Å². The van der Waals surface area contributed by atoms with Gasteiger partial charge in [0.15, 0.2) is 11.5 Å². The molecule has 2 aromatic rings. The summed E-state index contributed by atoms with van der Waals surface area (Å²) in [5.74, 6) is 1.27. The lowest BCUT2D eigenvalue weighted by Crippen LogP contribution is -2.38. The molecule has 2 atom stereocenters. The first-order chi connectivity index (χ1) is 14.0. The van der Waals surface area contributed by atoms with Crippen LogP contribution in [0, 0.1) is 0 Å². The van der Waals surface area contributed by atoms with Gasteiger partial charge in [-0.1, -0.05) is 36.4 Å². The fourth-order valence-electron chi connectivity index (χ4n) is 3.87. The minimum atomic E-state index is -0.649. The Morgan fingerprint density at radius 3 is 2.52 bits per heavy atom. The van der Waals surface area contributed by atoms with E-state index in [1.54, 1.807) is 14.2 Å². The summed E-state index contributed by atoms with van der Waals surface area (Å²) >= 11 is 0. The van der Waals surface area contributed by atoms with Crippen LogP contribution >= 0.6 is 0 Å². The summed E-state index contributed by atoms with van der Waals surface area (Å²) in [6, 6.07) is 14.0. The van der Waals surface area contributed by atoms with Crippen molar-refractivity contribution in [2.75, 3.05) is 20.8 Å². The predicted octanol–water partition coefficient (Wildman–Crippen LogP) is 3.17. The zero-order valence-electron chi connectivity index (χ0n) is 16.8. The second-order valence-electron chi connectivity index (χ2n) is 7.04. The summed E-state index contributed by atoms with van der Waals surface area (Å²) in [6.07, 6.45) is 1.95. The monoisotopic (exact) mass is 397 g/mol. The molecule has 1 fully saturated rings. The van der Waals surface area contributed by atoms with Gasteiger partial charge in [-0.15, -0.1) is 0 Å². The zero-order chi connectivity index (χ0) is 20.8. The smallest absolute Gasteiger partial charge is 0.312 e. The maximum Gasteiger partial charge on any atom is 0.312 e. The summed E-state index contributed by atoms with van der Waals surface area (Å²) in [4.78, 5) is 26.5. The van der Waals surface area contributed by atoms with Gasteiger partial charge in [-0.05, 0) is 36.1 Å². The van der Waals surface area contributed by atoms with Gasteiger partial charge in [-0.2, -0.15) is 0 Å². The number of rotatable bonds is 7. The van der Waals surface area contributed by atoms with E-state index in [-0.39, 0.29) is 18.4 Å². The molecular formula is C22H27N3O4. The number of hydrogen-bond donors (Lipinski definition) is 2. The molecule has 2 aromatic carbocycles. The van der Waals surface area contributed by atoms with E-state index < -0.39 is 12.1 Å². The molecule has 0 aromatic heterocycles. The van der Waals surface area contributed by atoms with Crippen molar-refractivity contribution in [3.05, 3.63) is 59.7 Å². The molecular weight excluding hydrogens is 370 g/mol. The standard InChI is InChI=1S/C22H27N3O4/c1-28-19-11-10-16(13-20(19)29-2)18-9-6-12-25(18)21(26)14-17(24-22(23)27)15-7-4-3-5-8-15/h3-5,7-8,10-11,13,17-18H,6,9,12,14H2,1-2H3,(H3,23,24,27). The molecule has 0 aliphatic carbocycles. The number of methoxy groups -OCH3 is 2. The van der Waals surface area contributed by atoms with Crippen LogP contribution < -0.4 is 20.5 Å². The number of amides is 3. The Balaban J connectivity index is 1.79. The van der Waals surface area contributed by atoms with E-state index in [9.17, 15) is 9.59 Å². The summed E-state index contributed by atoms with van der Waals surface area (Å²) in [5, 5.41) is 2.69. The Morgan fingerprint density at radius 1 is 1.14 bits per heavy atom. The fraction of sp³-hybridized carbons (Fsp3) is 0.364. The van der Waals surface area contributed by atoms with E-state index in [0.717, 1.165) is 24.0 Å². The van der Waals surface area contributed by atoms with Gasteiger partial charge in [0.25, 0.3) is 0 Å². The zero-order valence-corrected chi connectivity index (χ0v) is 16.8. The molecule has 1 heterocycles. The molecule has 7 heteroatoms. The topological polar surface area (TPSA) is 93.9 Å². The molecule has 3 N–H and O–H groups in total. The lowest BCUT2D eigenvalue weighted by Gasteiger charge is -2.28. The largest absolute Gasteiger partial charge is 0.493 e. The number of carbonyl (C=O) groups is 2. The van der Waals surface area contributed by atoms with Crippen molar-refractivity contribution < 1.29 is 19.1 Å². The number of hydrogen-bond acceptors (Lipinski definition) is 4. The van der Waals surface area contributed by atoms with Crippen LogP contribution in [0.3, 0.4) is 0 Å². The summed E-state index contributed by atoms with van der Waals surface area (Å²) in [6.45, 7) is 0.677. The molecule has 2 unspecified atom stereocenters. The number of primary amides is 1. The minimum absolute atomic E-state index is 0.0233. The Bertz CT molecular complexity index is 856. The molecule has 0 radical (unpaired) electrons. The number of ether oxygens (including phenoxy) is 2. The highest BCUT2D eigenvalue weighted by molar-refractivity contribution is 5.79. The van der Waals surface area contributed by atoms with Crippen molar-refractivity contribution in [2.45, 2.75) is 31.3 Å². The van der Waals surface area contributed by atoms with Gasteiger partial charge >= 0.3 is 6.03 Å². The molecule has 1 saturated heterocycles. The van der Waals surface area contributed by atoms with Crippen LogP contribution in [0.25, 0.3) is 0 Å². The maximum atomic E-state index is 13.1. The Hall–Kier alpha value is -3.22. The summed E-state index contributed by atoms with van der Waals surface area (Å²) < 4.78 is 10.7. The average molecular weight is 397 g/mol. The molecule has 0 spiro atoms. The van der Waals surface area contributed by atoms with E-state index in [2.05, 4.69) is 5.32 Å². The second-order valence-corrected chi connectivity index (χ2v) is 7.04. The number of urea groups is 1. The lowest BCUT2D eigenvalue weighted by molar-refractivity contribution is -0.132. The highest BCUT2D eigenvalue weighted by atomic mass is 16.5. The van der Waals surface area contributed by atoms with E-state index in [1.165, 1.54) is 0 Å². The van der Waals surface area contributed by atoms with Crippen molar-refractivity contribution in [2.24, 2.45) is 5.73 Å². The van der Waals surface area contributed by atoms with Crippen LogP contribution in [-0.2, 0) is 4.79 Å². The first kappa shape index (κ1) is 20.5. The average Bonchev–Trinajstić information content (AvgIpc) is 3.23. The highest BCUT2D eigenvalue weighted by Gasteiger charge is 2.32. The van der Waals surface area contributed by atoms with E-state index in [0.29, 0.717) is 18.0 Å². The Morgan fingerprint density at radius 2 is 1.86 bits per heavy atom. The Labute approximate surface area is 170 Å². The van der Waals surface area contributed by atoms with Crippen molar-refractivity contribution in [3.63, 3.8) is 0 Å². The first-order valence-corrected chi connectivity index (χ1v) is 9.65. The van der Waals surface area contributed by atoms with Crippen molar-refractivity contribution >= 4 is 11.9 Å². The molecule has 1 aliphatic rings.